The number of nitro groups is 1. The first kappa shape index (κ1) is 17.1. The van der Waals surface area contributed by atoms with Gasteiger partial charge in [0.25, 0.3) is 0 Å². The van der Waals surface area contributed by atoms with Crippen molar-refractivity contribution < 1.29 is 14.8 Å². The number of carbonyl (C=O) groups excluding carboxylic acids is 1. The van der Waals surface area contributed by atoms with Crippen molar-refractivity contribution in [3.8, 4) is 0 Å². The zero-order valence-electron chi connectivity index (χ0n) is 12.6. The highest BCUT2D eigenvalue weighted by Crippen LogP contribution is 2.21. The molecule has 0 fully saturated rings. The van der Waals surface area contributed by atoms with Gasteiger partial charge in [0, 0.05) is 13.6 Å². The smallest absolute Gasteiger partial charge is 0.312 e. The third-order valence-corrected chi connectivity index (χ3v) is 3.21. The van der Waals surface area contributed by atoms with Gasteiger partial charge in [0.05, 0.1) is 23.6 Å². The lowest BCUT2D eigenvalue weighted by atomic mass is 10.2. The Bertz CT molecular complexity index is 528. The number of nitrogens with one attached hydrogen (secondary N) is 2. The number of rotatable bonds is 7. The summed E-state index contributed by atoms with van der Waals surface area (Å²) in [7, 11) is 1.53. The minimum atomic E-state index is -0.810. The molecular formula is C12H21N5O4. The normalized spacial score (nSPS) is 13.8. The summed E-state index contributed by atoms with van der Waals surface area (Å²) in [6.07, 6.45) is -0.810. The Hall–Kier alpha value is -2.00. The van der Waals surface area contributed by atoms with Gasteiger partial charge < -0.3 is 15.7 Å². The van der Waals surface area contributed by atoms with Crippen LogP contribution in [0.1, 0.15) is 18.3 Å². The second-order valence-corrected chi connectivity index (χ2v) is 4.86. The number of aliphatic hydroxyl groups excluding tert-OH is 1. The molecule has 2 unspecified atom stereocenters. The van der Waals surface area contributed by atoms with E-state index in [1.54, 1.807) is 20.8 Å². The van der Waals surface area contributed by atoms with E-state index in [9.17, 15) is 20.0 Å². The van der Waals surface area contributed by atoms with Crippen LogP contribution >= 0.6 is 0 Å². The van der Waals surface area contributed by atoms with Crippen LogP contribution in [0.2, 0.25) is 0 Å². The molecule has 0 aliphatic heterocycles. The molecule has 1 rings (SSSR count). The Morgan fingerprint density at radius 2 is 2.14 bits per heavy atom. The van der Waals surface area contributed by atoms with E-state index in [1.165, 1.54) is 11.7 Å². The maximum atomic E-state index is 11.3. The van der Waals surface area contributed by atoms with E-state index in [0.717, 1.165) is 0 Å². The minimum Gasteiger partial charge on any atom is -0.390 e. The summed E-state index contributed by atoms with van der Waals surface area (Å²) in [6.45, 7) is 5.12. The Kier molecular flexibility index (Phi) is 5.79. The van der Waals surface area contributed by atoms with Crippen LogP contribution in [-0.4, -0.2) is 51.5 Å². The van der Waals surface area contributed by atoms with Crippen molar-refractivity contribution in [1.82, 2.24) is 20.4 Å². The molecular weight excluding hydrogens is 278 g/mol. The van der Waals surface area contributed by atoms with Gasteiger partial charge in [-0.2, -0.15) is 5.10 Å². The quantitative estimate of drug-likeness (QED) is 0.460. The molecule has 0 saturated carbocycles. The molecule has 0 saturated heterocycles. The van der Waals surface area contributed by atoms with E-state index in [0.29, 0.717) is 11.4 Å². The monoisotopic (exact) mass is 299 g/mol. The fraction of sp³-hybridized carbons (Fsp3) is 0.667. The molecule has 1 heterocycles. The molecule has 0 radical (unpaired) electrons. The molecule has 1 amide bonds. The number of aromatic nitrogens is 2. The predicted molar refractivity (Wildman–Crippen MR) is 75.9 cm³/mol. The number of likely N-dealkylation sites (N-methyl/N-ethyl adjacent to an activating group) is 1. The number of hydrogen-bond acceptors (Lipinski definition) is 6. The van der Waals surface area contributed by atoms with Crippen LogP contribution in [0, 0.1) is 24.0 Å². The Labute approximate surface area is 122 Å². The number of aliphatic hydroxyl groups is 1. The molecule has 0 aliphatic rings. The van der Waals surface area contributed by atoms with Gasteiger partial charge >= 0.3 is 5.69 Å². The van der Waals surface area contributed by atoms with Gasteiger partial charge in [-0.3, -0.25) is 19.6 Å². The number of amides is 1. The molecule has 9 heteroatoms. The molecule has 3 N–H and O–H groups in total. The first-order valence-corrected chi connectivity index (χ1v) is 6.59. The summed E-state index contributed by atoms with van der Waals surface area (Å²) in [6, 6.07) is -0.431. The van der Waals surface area contributed by atoms with Gasteiger partial charge in [-0.15, -0.1) is 0 Å². The summed E-state index contributed by atoms with van der Waals surface area (Å²) >= 11 is 0. The fourth-order valence-electron chi connectivity index (χ4n) is 2.02. The number of hydrogen-bond donors (Lipinski definition) is 3. The van der Waals surface area contributed by atoms with Crippen molar-refractivity contribution in [3.05, 3.63) is 21.5 Å². The maximum absolute atomic E-state index is 11.3. The van der Waals surface area contributed by atoms with Gasteiger partial charge in [0.1, 0.15) is 11.4 Å². The lowest BCUT2D eigenvalue weighted by Crippen LogP contribution is -2.44. The molecule has 118 valence electrons. The molecule has 2 atom stereocenters. The number of carbonyl (C=O) groups is 1. The van der Waals surface area contributed by atoms with Crippen LogP contribution in [0.3, 0.4) is 0 Å². The Balaban J connectivity index is 2.64. The Morgan fingerprint density at radius 3 is 2.62 bits per heavy atom. The van der Waals surface area contributed by atoms with E-state index in [2.05, 4.69) is 15.7 Å². The number of nitrogens with zero attached hydrogens (tertiary/aromatic N) is 3. The SMILES string of the molecule is CNC(=O)C(C)NCC(O)Cn1nc(C)c([N+](=O)[O-])c1C. The molecule has 0 aromatic carbocycles. The maximum Gasteiger partial charge on any atom is 0.312 e. The highest BCUT2D eigenvalue weighted by molar-refractivity contribution is 5.80. The zero-order valence-corrected chi connectivity index (χ0v) is 12.6. The van der Waals surface area contributed by atoms with Crippen molar-refractivity contribution >= 4 is 11.6 Å². The van der Waals surface area contributed by atoms with E-state index in [1.807, 2.05) is 0 Å². The highest BCUT2D eigenvalue weighted by atomic mass is 16.6. The molecule has 0 aliphatic carbocycles. The third kappa shape index (κ3) is 4.23. The summed E-state index contributed by atoms with van der Waals surface area (Å²) in [5.74, 6) is -0.177. The van der Waals surface area contributed by atoms with Crippen molar-refractivity contribution in [3.63, 3.8) is 0 Å². The van der Waals surface area contributed by atoms with Gasteiger partial charge in [-0.25, -0.2) is 0 Å². The van der Waals surface area contributed by atoms with E-state index >= 15 is 0 Å². The molecule has 0 spiro atoms. The van der Waals surface area contributed by atoms with Crippen molar-refractivity contribution in [1.29, 1.82) is 0 Å². The summed E-state index contributed by atoms with van der Waals surface area (Å²) in [4.78, 5) is 21.7. The average molecular weight is 299 g/mol. The van der Waals surface area contributed by atoms with Gasteiger partial charge in [-0.05, 0) is 20.8 Å². The topological polar surface area (TPSA) is 122 Å². The van der Waals surface area contributed by atoms with Gasteiger partial charge in [-0.1, -0.05) is 0 Å². The van der Waals surface area contributed by atoms with Crippen LogP contribution in [0.25, 0.3) is 0 Å². The molecule has 1 aromatic rings. The molecule has 1 aromatic heterocycles. The van der Waals surface area contributed by atoms with Crippen LogP contribution in [0.4, 0.5) is 5.69 Å². The third-order valence-electron chi connectivity index (χ3n) is 3.21. The summed E-state index contributed by atoms with van der Waals surface area (Å²) in [5.41, 5.74) is 0.682. The molecule has 9 nitrogen and oxygen atoms in total. The second-order valence-electron chi connectivity index (χ2n) is 4.86. The highest BCUT2D eigenvalue weighted by Gasteiger charge is 2.23. The minimum absolute atomic E-state index is 0.0334. The largest absolute Gasteiger partial charge is 0.390 e. The first-order valence-electron chi connectivity index (χ1n) is 6.59. The van der Waals surface area contributed by atoms with Crippen LogP contribution < -0.4 is 10.6 Å². The van der Waals surface area contributed by atoms with E-state index in [4.69, 9.17) is 0 Å². The summed E-state index contributed by atoms with van der Waals surface area (Å²) < 4.78 is 1.41. The van der Waals surface area contributed by atoms with E-state index in [-0.39, 0.29) is 24.7 Å². The lowest BCUT2D eigenvalue weighted by Gasteiger charge is -2.16. The lowest BCUT2D eigenvalue weighted by molar-refractivity contribution is -0.386. The fourth-order valence-corrected chi connectivity index (χ4v) is 2.02. The van der Waals surface area contributed by atoms with Crippen LogP contribution in [-0.2, 0) is 11.3 Å². The van der Waals surface area contributed by atoms with E-state index < -0.39 is 17.1 Å². The molecule has 21 heavy (non-hydrogen) atoms. The second kappa shape index (κ2) is 7.14. The van der Waals surface area contributed by atoms with Gasteiger partial charge in [0.15, 0.2) is 0 Å². The van der Waals surface area contributed by atoms with Crippen molar-refractivity contribution in [2.24, 2.45) is 0 Å². The van der Waals surface area contributed by atoms with Crippen molar-refractivity contribution in [2.75, 3.05) is 13.6 Å². The van der Waals surface area contributed by atoms with Crippen LogP contribution in [0.15, 0.2) is 0 Å². The average Bonchev–Trinajstić information content (AvgIpc) is 2.69. The zero-order chi connectivity index (χ0) is 16.2. The standard InChI is InChI=1S/C12H21N5O4/c1-7-11(17(20)21)9(3)16(15-7)6-10(18)5-14-8(2)12(19)13-4/h8,10,14,18H,5-6H2,1-4H3,(H,13,19). The van der Waals surface area contributed by atoms with Crippen LogP contribution in [0.5, 0.6) is 0 Å². The number of aryl methyl sites for hydroxylation is 1. The first-order chi connectivity index (χ1) is 9.77. The van der Waals surface area contributed by atoms with Gasteiger partial charge in [0.2, 0.25) is 5.91 Å². The van der Waals surface area contributed by atoms with Crippen molar-refractivity contribution in [2.45, 2.75) is 39.5 Å². The Morgan fingerprint density at radius 1 is 1.52 bits per heavy atom. The molecule has 0 bridgehead atoms. The predicted octanol–water partition coefficient (Wildman–Crippen LogP) is -0.507. The summed E-state index contributed by atoms with van der Waals surface area (Å²) in [5, 5.41) is 30.3.